The van der Waals surface area contributed by atoms with Crippen molar-refractivity contribution >= 4 is 5.97 Å². The van der Waals surface area contributed by atoms with Gasteiger partial charge in [0, 0.05) is 5.57 Å². The average Bonchev–Trinajstić information content (AvgIpc) is 2.32. The molecule has 0 radical (unpaired) electrons. The lowest BCUT2D eigenvalue weighted by molar-refractivity contribution is -0.479. The molecule has 4 nitrogen and oxygen atoms in total. The first-order valence-electron chi connectivity index (χ1n) is 6.03. The maximum absolute atomic E-state index is 14.2. The molecule has 0 aromatic rings. The molecule has 23 heavy (non-hydrogen) atoms. The Morgan fingerprint density at radius 3 is 2.00 bits per heavy atom. The van der Waals surface area contributed by atoms with Gasteiger partial charge in [0.2, 0.25) is 17.5 Å². The van der Waals surface area contributed by atoms with Gasteiger partial charge in [-0.3, -0.25) is 0 Å². The summed E-state index contributed by atoms with van der Waals surface area (Å²) in [7, 11) is 0. The largest absolute Gasteiger partial charge is 0.443 e. The molecule has 3 unspecified atom stereocenters. The Hall–Kier alpha value is -1.36. The highest BCUT2D eigenvalue weighted by Crippen LogP contribution is 2.58. The molecule has 1 N–H and O–H groups in total. The third-order valence-electron chi connectivity index (χ3n) is 3.44. The van der Waals surface area contributed by atoms with Gasteiger partial charge in [0.1, 0.15) is 0 Å². The summed E-state index contributed by atoms with van der Waals surface area (Å²) in [6, 6.07) is 0. The van der Waals surface area contributed by atoms with E-state index in [9.17, 15) is 40.6 Å². The first-order chi connectivity index (χ1) is 9.92. The summed E-state index contributed by atoms with van der Waals surface area (Å²) >= 11 is 0. The standard InChI is InChI=1S/C12H13F7O4/c1-5(2)6(20)22-8(3)10(13,14)7(11(15,16)17)23-9(4,21)12(8,18)19/h7,21H,1H2,2-4H3. The van der Waals surface area contributed by atoms with Crippen LogP contribution in [0.5, 0.6) is 0 Å². The maximum atomic E-state index is 14.2. The molecule has 0 spiro atoms. The zero-order chi connectivity index (χ0) is 18.6. The second-order valence-corrected chi connectivity index (χ2v) is 5.42. The highest BCUT2D eigenvalue weighted by molar-refractivity contribution is 5.87. The fraction of sp³-hybridized carbons (Fsp3) is 0.750. The average molecular weight is 354 g/mol. The number of ether oxygens (including phenoxy) is 2. The number of alkyl halides is 7. The van der Waals surface area contributed by atoms with E-state index in [1.54, 1.807) is 0 Å². The van der Waals surface area contributed by atoms with Gasteiger partial charge in [0.25, 0.3) is 0 Å². The van der Waals surface area contributed by atoms with E-state index in [-0.39, 0.29) is 13.8 Å². The lowest BCUT2D eigenvalue weighted by Crippen LogP contribution is -2.79. The van der Waals surface area contributed by atoms with Crippen LogP contribution in [0.25, 0.3) is 0 Å². The van der Waals surface area contributed by atoms with Gasteiger partial charge >= 0.3 is 24.0 Å². The molecule has 1 heterocycles. The van der Waals surface area contributed by atoms with Gasteiger partial charge in [-0.05, 0) is 20.8 Å². The maximum Gasteiger partial charge on any atom is 0.420 e. The first-order valence-corrected chi connectivity index (χ1v) is 6.03. The molecular weight excluding hydrogens is 341 g/mol. The lowest BCUT2D eigenvalue weighted by Gasteiger charge is -2.53. The smallest absolute Gasteiger partial charge is 0.420 e. The van der Waals surface area contributed by atoms with Crippen molar-refractivity contribution in [3.8, 4) is 0 Å². The Morgan fingerprint density at radius 2 is 1.65 bits per heavy atom. The SMILES string of the molecule is C=C(C)C(=O)OC1(C)C(F)(F)C(C(F)(F)F)OC(C)(O)C1(F)F. The van der Waals surface area contributed by atoms with Gasteiger partial charge in [-0.1, -0.05) is 6.58 Å². The third-order valence-corrected chi connectivity index (χ3v) is 3.44. The van der Waals surface area contributed by atoms with Gasteiger partial charge in [0.05, 0.1) is 0 Å². The zero-order valence-electron chi connectivity index (χ0n) is 12.1. The van der Waals surface area contributed by atoms with Gasteiger partial charge in [-0.15, -0.1) is 0 Å². The first kappa shape index (κ1) is 19.7. The van der Waals surface area contributed by atoms with Crippen LogP contribution in [-0.4, -0.2) is 46.6 Å². The molecule has 134 valence electrons. The van der Waals surface area contributed by atoms with E-state index >= 15 is 0 Å². The van der Waals surface area contributed by atoms with E-state index in [2.05, 4.69) is 16.1 Å². The van der Waals surface area contributed by atoms with Gasteiger partial charge in [0.15, 0.2) is 0 Å². The number of aliphatic hydroxyl groups is 1. The Kier molecular flexibility index (Phi) is 4.34. The summed E-state index contributed by atoms with van der Waals surface area (Å²) in [4.78, 5) is 11.4. The summed E-state index contributed by atoms with van der Waals surface area (Å²) in [5, 5.41) is 9.44. The van der Waals surface area contributed by atoms with Crippen LogP contribution in [-0.2, 0) is 14.3 Å². The van der Waals surface area contributed by atoms with E-state index in [0.29, 0.717) is 0 Å². The number of rotatable bonds is 2. The van der Waals surface area contributed by atoms with Crippen molar-refractivity contribution in [3.63, 3.8) is 0 Å². The summed E-state index contributed by atoms with van der Waals surface area (Å²) in [5.41, 5.74) is -4.94. The molecule has 0 bridgehead atoms. The van der Waals surface area contributed by atoms with Crippen molar-refractivity contribution < 1.29 is 50.1 Å². The molecule has 1 fully saturated rings. The van der Waals surface area contributed by atoms with Crippen molar-refractivity contribution in [2.75, 3.05) is 0 Å². The van der Waals surface area contributed by atoms with Crippen molar-refractivity contribution in [2.45, 2.75) is 56.3 Å². The number of halogens is 7. The Balaban J connectivity index is 3.57. The summed E-state index contributed by atoms with van der Waals surface area (Å²) in [6.45, 7) is 3.84. The van der Waals surface area contributed by atoms with Crippen molar-refractivity contribution in [1.29, 1.82) is 0 Å². The van der Waals surface area contributed by atoms with E-state index in [4.69, 9.17) is 0 Å². The summed E-state index contributed by atoms with van der Waals surface area (Å²) in [5.74, 6) is -16.2. The van der Waals surface area contributed by atoms with E-state index in [1.165, 1.54) is 0 Å². The Morgan fingerprint density at radius 1 is 1.22 bits per heavy atom. The highest BCUT2D eigenvalue weighted by Gasteiger charge is 2.85. The van der Waals surface area contributed by atoms with Crippen LogP contribution >= 0.6 is 0 Å². The molecule has 1 aliphatic heterocycles. The van der Waals surface area contributed by atoms with Gasteiger partial charge in [-0.25, -0.2) is 4.79 Å². The topological polar surface area (TPSA) is 55.8 Å². The number of esters is 1. The minimum atomic E-state index is -5.82. The van der Waals surface area contributed by atoms with Crippen LogP contribution in [0.1, 0.15) is 20.8 Å². The number of carbonyl (C=O) groups excluding carboxylic acids is 1. The molecule has 0 aromatic heterocycles. The summed E-state index contributed by atoms with van der Waals surface area (Å²) < 4.78 is 102. The van der Waals surface area contributed by atoms with Gasteiger partial charge < -0.3 is 14.6 Å². The fourth-order valence-corrected chi connectivity index (χ4v) is 1.96. The number of hydrogen-bond donors (Lipinski definition) is 1. The van der Waals surface area contributed by atoms with Gasteiger partial charge in [-0.2, -0.15) is 30.7 Å². The summed E-state index contributed by atoms with van der Waals surface area (Å²) in [6.07, 6.45) is -9.94. The van der Waals surface area contributed by atoms with Crippen LogP contribution in [0.2, 0.25) is 0 Å². The van der Waals surface area contributed by atoms with Crippen LogP contribution in [0.3, 0.4) is 0 Å². The van der Waals surface area contributed by atoms with Crippen molar-refractivity contribution in [1.82, 2.24) is 0 Å². The third kappa shape index (κ3) is 2.69. The molecule has 1 saturated heterocycles. The van der Waals surface area contributed by atoms with E-state index in [0.717, 1.165) is 6.92 Å². The Bertz CT molecular complexity index is 526. The minimum Gasteiger partial charge on any atom is -0.443 e. The monoisotopic (exact) mass is 354 g/mol. The lowest BCUT2D eigenvalue weighted by atomic mass is 9.79. The number of carbonyl (C=O) groups is 1. The highest BCUT2D eigenvalue weighted by atomic mass is 19.4. The second-order valence-electron chi connectivity index (χ2n) is 5.42. The molecule has 0 saturated carbocycles. The number of hydrogen-bond acceptors (Lipinski definition) is 4. The predicted molar refractivity (Wildman–Crippen MR) is 60.8 cm³/mol. The molecule has 0 aromatic carbocycles. The molecule has 3 atom stereocenters. The molecule has 11 heteroatoms. The molecular formula is C12H13F7O4. The van der Waals surface area contributed by atoms with Crippen molar-refractivity contribution in [2.24, 2.45) is 0 Å². The Labute approximate surface area is 125 Å². The van der Waals surface area contributed by atoms with E-state index in [1.807, 2.05) is 0 Å². The predicted octanol–water partition coefficient (Wildman–Crippen LogP) is 2.80. The van der Waals surface area contributed by atoms with Crippen LogP contribution in [0, 0.1) is 0 Å². The van der Waals surface area contributed by atoms with Crippen LogP contribution < -0.4 is 0 Å². The van der Waals surface area contributed by atoms with Crippen LogP contribution in [0.15, 0.2) is 12.2 Å². The zero-order valence-corrected chi connectivity index (χ0v) is 12.1. The second kappa shape index (κ2) is 5.07. The van der Waals surface area contributed by atoms with Crippen LogP contribution in [0.4, 0.5) is 30.7 Å². The van der Waals surface area contributed by atoms with E-state index < -0.39 is 47.1 Å². The fourth-order valence-electron chi connectivity index (χ4n) is 1.96. The minimum absolute atomic E-state index is 0.0633. The molecule has 1 aliphatic rings. The molecule has 1 rings (SSSR count). The quantitative estimate of drug-likeness (QED) is 0.471. The van der Waals surface area contributed by atoms with Crippen molar-refractivity contribution in [3.05, 3.63) is 12.2 Å². The molecule has 0 amide bonds. The normalized spacial score (nSPS) is 36.4. The molecule has 0 aliphatic carbocycles.